The van der Waals surface area contributed by atoms with Gasteiger partial charge in [-0.2, -0.15) is 0 Å². The third-order valence-corrected chi connectivity index (χ3v) is 3.62. The maximum absolute atomic E-state index is 11.3. The highest BCUT2D eigenvalue weighted by Gasteiger charge is 2.07. The van der Waals surface area contributed by atoms with E-state index in [9.17, 15) is 9.90 Å². The molecule has 122 valence electrons. The second kappa shape index (κ2) is 8.41. The lowest BCUT2D eigenvalue weighted by Crippen LogP contribution is -2.25. The number of anilines is 1. The predicted octanol–water partition coefficient (Wildman–Crippen LogP) is 2.57. The van der Waals surface area contributed by atoms with Crippen LogP contribution in [0.4, 0.5) is 5.69 Å². The summed E-state index contributed by atoms with van der Waals surface area (Å²) >= 11 is 6.15. The Labute approximate surface area is 140 Å². The van der Waals surface area contributed by atoms with E-state index in [1.165, 1.54) is 0 Å². The molecule has 0 aliphatic rings. The number of ether oxygens (including phenoxy) is 1. The number of amides is 1. The first-order valence-electron chi connectivity index (χ1n) is 7.18. The lowest BCUT2D eigenvalue weighted by Gasteiger charge is -2.13. The molecule has 2 aromatic carbocycles. The highest BCUT2D eigenvalue weighted by Crippen LogP contribution is 2.25. The third-order valence-electron chi connectivity index (χ3n) is 3.29. The summed E-state index contributed by atoms with van der Waals surface area (Å²) in [5.74, 6) is 0.449. The number of rotatable bonds is 7. The Balaban J connectivity index is 2.07. The van der Waals surface area contributed by atoms with Gasteiger partial charge in [0, 0.05) is 19.2 Å². The number of aliphatic hydroxyl groups is 1. The molecule has 0 spiro atoms. The highest BCUT2D eigenvalue weighted by atomic mass is 35.5. The predicted molar refractivity (Wildman–Crippen MR) is 90.7 cm³/mol. The fourth-order valence-corrected chi connectivity index (χ4v) is 2.19. The lowest BCUT2D eigenvalue weighted by atomic mass is 10.1. The van der Waals surface area contributed by atoms with Crippen LogP contribution in [0.2, 0.25) is 5.02 Å². The van der Waals surface area contributed by atoms with Crippen molar-refractivity contribution in [1.82, 2.24) is 5.32 Å². The minimum atomic E-state index is -0.188. The summed E-state index contributed by atoms with van der Waals surface area (Å²) in [6, 6.07) is 12.8. The molecule has 0 aromatic heterocycles. The zero-order valence-corrected chi connectivity index (χ0v) is 13.6. The normalized spacial score (nSPS) is 10.2. The largest absolute Gasteiger partial charge is 0.483 e. The molecule has 0 heterocycles. The zero-order valence-electron chi connectivity index (χ0n) is 12.8. The molecular formula is C17H19ClN2O3. The molecule has 23 heavy (non-hydrogen) atoms. The number of carbonyl (C=O) groups is 1. The van der Waals surface area contributed by atoms with Gasteiger partial charge in [-0.3, -0.25) is 4.79 Å². The number of para-hydroxylation sites is 1. The van der Waals surface area contributed by atoms with E-state index in [-0.39, 0.29) is 19.1 Å². The van der Waals surface area contributed by atoms with E-state index in [2.05, 4.69) is 10.6 Å². The maximum atomic E-state index is 11.3. The van der Waals surface area contributed by atoms with Gasteiger partial charge in [0.25, 0.3) is 5.91 Å². The molecule has 5 nitrogen and oxygen atoms in total. The molecule has 6 heteroatoms. The molecule has 0 fully saturated rings. The molecule has 3 N–H and O–H groups in total. The number of nitrogens with one attached hydrogen (secondary N) is 2. The Morgan fingerprint density at radius 3 is 2.78 bits per heavy atom. The first kappa shape index (κ1) is 17.1. The minimum Gasteiger partial charge on any atom is -0.483 e. The Kier molecular flexibility index (Phi) is 6.26. The smallest absolute Gasteiger partial charge is 0.257 e. The van der Waals surface area contributed by atoms with Crippen LogP contribution in [0.1, 0.15) is 11.1 Å². The Morgan fingerprint density at radius 1 is 1.26 bits per heavy atom. The monoisotopic (exact) mass is 334 g/mol. The SMILES string of the molecule is CNC(=O)COc1ccccc1CNc1cc(CO)ccc1Cl. The van der Waals surface area contributed by atoms with E-state index in [4.69, 9.17) is 16.3 Å². The molecule has 0 unspecified atom stereocenters. The van der Waals surface area contributed by atoms with E-state index >= 15 is 0 Å². The van der Waals surface area contributed by atoms with E-state index in [1.807, 2.05) is 24.3 Å². The van der Waals surface area contributed by atoms with Crippen LogP contribution in [-0.4, -0.2) is 24.7 Å². The molecule has 0 saturated heterocycles. The van der Waals surface area contributed by atoms with E-state index in [1.54, 1.807) is 25.2 Å². The van der Waals surface area contributed by atoms with Crippen LogP contribution in [-0.2, 0) is 17.9 Å². The van der Waals surface area contributed by atoms with Gasteiger partial charge in [-0.05, 0) is 23.8 Å². The fourth-order valence-electron chi connectivity index (χ4n) is 2.00. The standard InChI is InChI=1S/C17H19ClN2O3/c1-19-17(22)11-23-16-5-3-2-4-13(16)9-20-15-8-12(10-21)6-7-14(15)18/h2-8,20-21H,9-11H2,1H3,(H,19,22). The molecule has 0 aliphatic carbocycles. The minimum absolute atomic E-state index is 0.0335. The van der Waals surface area contributed by atoms with Crippen molar-refractivity contribution < 1.29 is 14.6 Å². The molecule has 1 amide bonds. The number of hydrogen-bond acceptors (Lipinski definition) is 4. The highest BCUT2D eigenvalue weighted by molar-refractivity contribution is 6.33. The van der Waals surface area contributed by atoms with Crippen molar-refractivity contribution in [1.29, 1.82) is 0 Å². The van der Waals surface area contributed by atoms with Crippen molar-refractivity contribution in [2.75, 3.05) is 19.0 Å². The van der Waals surface area contributed by atoms with Gasteiger partial charge in [-0.15, -0.1) is 0 Å². The lowest BCUT2D eigenvalue weighted by molar-refractivity contribution is -0.122. The van der Waals surface area contributed by atoms with Crippen LogP contribution >= 0.6 is 11.6 Å². The van der Waals surface area contributed by atoms with Crippen LogP contribution in [0.3, 0.4) is 0 Å². The molecule has 2 rings (SSSR count). The van der Waals surface area contributed by atoms with Gasteiger partial charge in [0.05, 0.1) is 17.3 Å². The summed E-state index contributed by atoms with van der Waals surface area (Å²) in [7, 11) is 1.56. The van der Waals surface area contributed by atoms with Crippen molar-refractivity contribution in [2.45, 2.75) is 13.2 Å². The molecule has 0 aliphatic heterocycles. The van der Waals surface area contributed by atoms with Crippen LogP contribution in [0.15, 0.2) is 42.5 Å². The first-order chi connectivity index (χ1) is 11.1. The second-order valence-electron chi connectivity index (χ2n) is 4.90. The summed E-state index contributed by atoms with van der Waals surface area (Å²) in [6.07, 6.45) is 0. The number of carbonyl (C=O) groups excluding carboxylic acids is 1. The third kappa shape index (κ3) is 4.87. The number of aliphatic hydroxyl groups excluding tert-OH is 1. The quantitative estimate of drug-likeness (QED) is 0.728. The van der Waals surface area contributed by atoms with Gasteiger partial charge >= 0.3 is 0 Å². The molecular weight excluding hydrogens is 316 g/mol. The van der Waals surface area contributed by atoms with Crippen molar-refractivity contribution in [3.8, 4) is 5.75 Å². The Hall–Kier alpha value is -2.24. The Bertz CT molecular complexity index is 677. The fraction of sp³-hybridized carbons (Fsp3) is 0.235. The topological polar surface area (TPSA) is 70.6 Å². The molecule has 0 saturated carbocycles. The van der Waals surface area contributed by atoms with E-state index in [0.29, 0.717) is 17.3 Å². The maximum Gasteiger partial charge on any atom is 0.257 e. The molecule has 0 bridgehead atoms. The van der Waals surface area contributed by atoms with Crippen LogP contribution < -0.4 is 15.4 Å². The van der Waals surface area contributed by atoms with Crippen molar-refractivity contribution in [2.24, 2.45) is 0 Å². The summed E-state index contributed by atoms with van der Waals surface area (Å²) in [5.41, 5.74) is 2.42. The van der Waals surface area contributed by atoms with Gasteiger partial charge in [0.1, 0.15) is 5.75 Å². The van der Waals surface area contributed by atoms with E-state index < -0.39 is 0 Å². The van der Waals surface area contributed by atoms with Gasteiger partial charge in [-0.1, -0.05) is 35.9 Å². The van der Waals surface area contributed by atoms with Crippen LogP contribution in [0.5, 0.6) is 5.75 Å². The zero-order chi connectivity index (χ0) is 16.7. The summed E-state index contributed by atoms with van der Waals surface area (Å²) in [5, 5.41) is 15.5. The van der Waals surface area contributed by atoms with E-state index in [0.717, 1.165) is 16.8 Å². The number of halogens is 1. The number of likely N-dealkylation sites (N-methyl/N-ethyl adjacent to an activating group) is 1. The molecule has 0 radical (unpaired) electrons. The second-order valence-corrected chi connectivity index (χ2v) is 5.30. The van der Waals surface area contributed by atoms with Gasteiger partial charge < -0.3 is 20.5 Å². The van der Waals surface area contributed by atoms with Crippen LogP contribution in [0, 0.1) is 0 Å². The van der Waals surface area contributed by atoms with Gasteiger partial charge in [0.2, 0.25) is 0 Å². The molecule has 2 aromatic rings. The van der Waals surface area contributed by atoms with Gasteiger partial charge in [-0.25, -0.2) is 0 Å². The average Bonchev–Trinajstić information content (AvgIpc) is 2.59. The van der Waals surface area contributed by atoms with Gasteiger partial charge in [0.15, 0.2) is 6.61 Å². The first-order valence-corrected chi connectivity index (χ1v) is 7.56. The summed E-state index contributed by atoms with van der Waals surface area (Å²) in [6.45, 7) is 0.407. The average molecular weight is 335 g/mol. The van der Waals surface area contributed by atoms with Crippen molar-refractivity contribution in [3.63, 3.8) is 0 Å². The van der Waals surface area contributed by atoms with Crippen LogP contribution in [0.25, 0.3) is 0 Å². The number of benzene rings is 2. The summed E-state index contributed by atoms with van der Waals surface area (Å²) in [4.78, 5) is 11.3. The summed E-state index contributed by atoms with van der Waals surface area (Å²) < 4.78 is 5.53. The Morgan fingerprint density at radius 2 is 2.04 bits per heavy atom. The molecule has 0 atom stereocenters. The van der Waals surface area contributed by atoms with Crippen molar-refractivity contribution in [3.05, 3.63) is 58.6 Å². The number of hydrogen-bond donors (Lipinski definition) is 3. The van der Waals surface area contributed by atoms with Crippen molar-refractivity contribution >= 4 is 23.2 Å².